The van der Waals surface area contributed by atoms with Crippen LogP contribution in [0.2, 0.25) is 0 Å². The molecule has 2 N–H and O–H groups in total. The predicted molar refractivity (Wildman–Crippen MR) is 72.5 cm³/mol. The minimum absolute atomic E-state index is 0.306. The van der Waals surface area contributed by atoms with Crippen LogP contribution in [0.5, 0.6) is 0 Å². The zero-order valence-electron chi connectivity index (χ0n) is 10.9. The molecule has 0 heterocycles. The quantitative estimate of drug-likeness (QED) is 0.461. The van der Waals surface area contributed by atoms with Gasteiger partial charge in [0.25, 0.3) is 0 Å². The van der Waals surface area contributed by atoms with Gasteiger partial charge in [0.15, 0.2) is 5.69 Å². The molecule has 0 saturated carbocycles. The highest BCUT2D eigenvalue weighted by molar-refractivity contribution is 5.40. The van der Waals surface area contributed by atoms with E-state index in [4.69, 9.17) is 5.21 Å². The third kappa shape index (κ3) is 5.83. The predicted octanol–water partition coefficient (Wildman–Crippen LogP) is 2.80. The van der Waals surface area contributed by atoms with Gasteiger partial charge in [0.2, 0.25) is 0 Å². The van der Waals surface area contributed by atoms with Crippen molar-refractivity contribution < 1.29 is 10.4 Å². The van der Waals surface area contributed by atoms with Crippen molar-refractivity contribution in [2.75, 3.05) is 0 Å². The minimum atomic E-state index is -0.898. The number of rotatable bonds is 6. The lowest BCUT2D eigenvalue weighted by Crippen LogP contribution is -2.99. The summed E-state index contributed by atoms with van der Waals surface area (Å²) in [7, 11) is 0. The maximum absolute atomic E-state index is 10.7. The van der Waals surface area contributed by atoms with Gasteiger partial charge in [-0.2, -0.15) is 5.23 Å². The highest BCUT2D eigenvalue weighted by Gasteiger charge is 1.97. The number of benzene rings is 1. The number of hydrogen-bond donors (Lipinski definition) is 2. The molecule has 0 aliphatic rings. The zero-order chi connectivity index (χ0) is 13.2. The van der Waals surface area contributed by atoms with E-state index in [1.165, 1.54) is 25.7 Å². The lowest BCUT2D eigenvalue weighted by atomic mass is 10.1. The fourth-order valence-electron chi connectivity index (χ4n) is 1.68. The lowest BCUT2D eigenvalue weighted by molar-refractivity contribution is -0.991. The molecule has 0 saturated heterocycles. The second-order valence-electron chi connectivity index (χ2n) is 4.35. The molecule has 1 unspecified atom stereocenters. The molecule has 0 bridgehead atoms. The highest BCUT2D eigenvalue weighted by Crippen LogP contribution is 2.06. The summed E-state index contributed by atoms with van der Waals surface area (Å²) in [6.07, 6.45) is 7.20. The van der Waals surface area contributed by atoms with E-state index in [1.807, 2.05) is 0 Å². The van der Waals surface area contributed by atoms with Crippen molar-refractivity contribution in [3.63, 3.8) is 0 Å². The molecular weight excluding hydrogens is 226 g/mol. The van der Waals surface area contributed by atoms with Crippen LogP contribution in [0.25, 0.3) is 0 Å². The number of quaternary nitrogens is 1. The van der Waals surface area contributed by atoms with E-state index >= 15 is 0 Å². The van der Waals surface area contributed by atoms with Crippen molar-refractivity contribution in [3.05, 3.63) is 35.0 Å². The van der Waals surface area contributed by atoms with Crippen LogP contribution in [0, 0.1) is 17.0 Å². The van der Waals surface area contributed by atoms with Crippen LogP contribution in [0.3, 0.4) is 0 Å². The average molecular weight is 247 g/mol. The van der Waals surface area contributed by atoms with E-state index < -0.39 is 5.23 Å². The summed E-state index contributed by atoms with van der Waals surface area (Å²) in [5.41, 5.74) is 1.19. The first-order valence-electron chi connectivity index (χ1n) is 6.56. The molecule has 1 atom stereocenters. The third-order valence-corrected chi connectivity index (χ3v) is 2.77. The molecule has 1 rings (SSSR count). The van der Waals surface area contributed by atoms with Crippen LogP contribution in [-0.4, -0.2) is 5.21 Å². The first-order chi connectivity index (χ1) is 8.74. The zero-order valence-corrected chi connectivity index (χ0v) is 10.9. The van der Waals surface area contributed by atoms with Gasteiger partial charge in [0, 0.05) is 24.1 Å². The fourth-order valence-corrected chi connectivity index (χ4v) is 1.68. The largest absolute Gasteiger partial charge is 0.595 e. The van der Waals surface area contributed by atoms with Gasteiger partial charge in [-0.15, -0.1) is 0 Å². The third-order valence-electron chi connectivity index (χ3n) is 2.77. The van der Waals surface area contributed by atoms with Crippen LogP contribution in [0.4, 0.5) is 5.69 Å². The molecule has 18 heavy (non-hydrogen) atoms. The Balaban J connectivity index is 2.30. The Kier molecular flexibility index (Phi) is 7.12. The van der Waals surface area contributed by atoms with Crippen LogP contribution in [0.15, 0.2) is 24.3 Å². The molecule has 0 fully saturated rings. The smallest absolute Gasteiger partial charge is 0.163 e. The second kappa shape index (κ2) is 8.71. The summed E-state index contributed by atoms with van der Waals surface area (Å²) in [5.74, 6) is 6.19. The van der Waals surface area contributed by atoms with Crippen molar-refractivity contribution in [1.29, 1.82) is 0 Å². The molecule has 0 aromatic heterocycles. The monoisotopic (exact) mass is 247 g/mol. The average Bonchev–Trinajstić information content (AvgIpc) is 2.38. The number of hydrogen-bond acceptors (Lipinski definition) is 2. The van der Waals surface area contributed by atoms with E-state index in [2.05, 4.69) is 18.8 Å². The van der Waals surface area contributed by atoms with Crippen molar-refractivity contribution in [1.82, 2.24) is 0 Å². The Morgan fingerprint density at radius 1 is 1.11 bits per heavy atom. The fraction of sp³-hybridized carbons (Fsp3) is 0.467. The number of unbranched alkanes of at least 4 members (excludes halogenated alkanes) is 5. The summed E-state index contributed by atoms with van der Waals surface area (Å²) >= 11 is 0. The van der Waals surface area contributed by atoms with Gasteiger partial charge in [0.05, 0.1) is 0 Å². The van der Waals surface area contributed by atoms with Crippen molar-refractivity contribution in [2.24, 2.45) is 0 Å². The molecule has 0 aliphatic carbocycles. The van der Waals surface area contributed by atoms with E-state index in [-0.39, 0.29) is 0 Å². The molecule has 0 amide bonds. The molecule has 3 nitrogen and oxygen atoms in total. The molecule has 0 radical (unpaired) electrons. The van der Waals surface area contributed by atoms with E-state index in [9.17, 15) is 5.21 Å². The molecule has 0 spiro atoms. The SMILES string of the molecule is CCCCCCCC#Cc1ccc([NH+]([O-])O)cc1. The Hall–Kier alpha value is -1.34. The van der Waals surface area contributed by atoms with Crippen molar-refractivity contribution in [3.8, 4) is 11.8 Å². The number of nitrogens with one attached hydrogen (secondary N) is 1. The lowest BCUT2D eigenvalue weighted by Gasteiger charge is -2.10. The maximum Gasteiger partial charge on any atom is 0.163 e. The molecular formula is C15H21NO2. The molecule has 0 aliphatic heterocycles. The first-order valence-corrected chi connectivity index (χ1v) is 6.56. The van der Waals surface area contributed by atoms with Gasteiger partial charge in [-0.3, -0.25) is 0 Å². The Morgan fingerprint density at radius 3 is 2.39 bits per heavy atom. The summed E-state index contributed by atoms with van der Waals surface area (Å²) in [5, 5.41) is 18.5. The Labute approximate surface area is 109 Å². The molecule has 1 aromatic rings. The minimum Gasteiger partial charge on any atom is -0.595 e. The topological polar surface area (TPSA) is 47.7 Å². The van der Waals surface area contributed by atoms with Gasteiger partial charge in [-0.1, -0.05) is 44.4 Å². The van der Waals surface area contributed by atoms with Crippen LogP contribution < -0.4 is 5.23 Å². The van der Waals surface area contributed by atoms with Gasteiger partial charge in [-0.05, 0) is 18.6 Å². The van der Waals surface area contributed by atoms with Gasteiger partial charge < -0.3 is 5.21 Å². The van der Waals surface area contributed by atoms with Gasteiger partial charge >= 0.3 is 0 Å². The molecule has 1 aromatic carbocycles. The van der Waals surface area contributed by atoms with E-state index in [1.54, 1.807) is 24.3 Å². The maximum atomic E-state index is 10.7. The summed E-state index contributed by atoms with van der Waals surface area (Å²) in [6.45, 7) is 2.21. The Bertz CT molecular complexity index is 387. The molecule has 3 heteroatoms. The van der Waals surface area contributed by atoms with Crippen LogP contribution in [-0.2, 0) is 0 Å². The standard InChI is InChI=1S/C15H21NO2/c1-2-3-4-5-6-7-8-9-14-10-12-15(13-11-14)16(17)18/h10-13,16-17H,2-7H2,1H3. The van der Waals surface area contributed by atoms with Crippen LogP contribution >= 0.6 is 0 Å². The van der Waals surface area contributed by atoms with E-state index in [0.29, 0.717) is 5.69 Å². The summed E-state index contributed by atoms with van der Waals surface area (Å²) in [4.78, 5) is 0. The van der Waals surface area contributed by atoms with Crippen molar-refractivity contribution in [2.45, 2.75) is 45.4 Å². The van der Waals surface area contributed by atoms with E-state index in [0.717, 1.165) is 18.4 Å². The van der Waals surface area contributed by atoms with Crippen LogP contribution in [0.1, 0.15) is 51.0 Å². The van der Waals surface area contributed by atoms with Gasteiger partial charge in [0.1, 0.15) is 0 Å². The first kappa shape index (κ1) is 14.7. The second-order valence-corrected chi connectivity index (χ2v) is 4.35. The van der Waals surface area contributed by atoms with Crippen molar-refractivity contribution >= 4 is 5.69 Å². The summed E-state index contributed by atoms with van der Waals surface area (Å²) in [6, 6.07) is 6.70. The Morgan fingerprint density at radius 2 is 1.78 bits per heavy atom. The normalized spacial score (nSPS) is 11.7. The summed E-state index contributed by atoms with van der Waals surface area (Å²) < 4.78 is 0. The highest BCUT2D eigenvalue weighted by atomic mass is 16.8. The van der Waals surface area contributed by atoms with Gasteiger partial charge in [-0.25, -0.2) is 5.21 Å². The molecule has 98 valence electrons.